The molecule has 0 saturated heterocycles. The van der Waals surface area contributed by atoms with Crippen molar-refractivity contribution in [3.8, 4) is 17.2 Å². The van der Waals surface area contributed by atoms with E-state index < -0.39 is 0 Å². The highest BCUT2D eigenvalue weighted by Crippen LogP contribution is 2.39. The molecule has 150 valence electrons. The first kappa shape index (κ1) is 21.3. The Morgan fingerprint density at radius 3 is 1.93 bits per heavy atom. The highest BCUT2D eigenvalue weighted by Gasteiger charge is 2.18. The number of nitrogens with zero attached hydrogens (tertiary/aromatic N) is 1. The van der Waals surface area contributed by atoms with Gasteiger partial charge in [0.1, 0.15) is 0 Å². The molecular formula is C22H28N2O4. The zero-order valence-corrected chi connectivity index (χ0v) is 17.0. The van der Waals surface area contributed by atoms with Crippen molar-refractivity contribution in [1.82, 2.24) is 5.43 Å². The Labute approximate surface area is 166 Å². The fourth-order valence-electron chi connectivity index (χ4n) is 2.68. The molecule has 28 heavy (non-hydrogen) atoms. The number of rotatable bonds is 10. The lowest BCUT2D eigenvalue weighted by atomic mass is 10.1. The molecule has 2 aromatic rings. The van der Waals surface area contributed by atoms with Crippen molar-refractivity contribution < 1.29 is 19.0 Å². The summed E-state index contributed by atoms with van der Waals surface area (Å²) >= 11 is 0. The van der Waals surface area contributed by atoms with E-state index in [4.69, 9.17) is 14.2 Å². The molecular weight excluding hydrogens is 356 g/mol. The predicted octanol–water partition coefficient (Wildman–Crippen LogP) is 4.43. The zero-order chi connectivity index (χ0) is 20.4. The van der Waals surface area contributed by atoms with E-state index in [2.05, 4.69) is 10.5 Å². The second-order valence-corrected chi connectivity index (χ2v) is 5.82. The molecule has 2 aromatic carbocycles. The van der Waals surface area contributed by atoms with Crippen LogP contribution < -0.4 is 19.6 Å². The Hall–Kier alpha value is -3.02. The first-order chi connectivity index (χ1) is 13.6. The second-order valence-electron chi connectivity index (χ2n) is 5.82. The van der Waals surface area contributed by atoms with Gasteiger partial charge in [0.2, 0.25) is 5.75 Å². The minimum absolute atomic E-state index is 0.341. The SMILES string of the molecule is CCOc1cc(C(=O)N/N=C(/CC)c2ccccc2)cc(OCC)c1OCC. The monoisotopic (exact) mass is 384 g/mol. The summed E-state index contributed by atoms with van der Waals surface area (Å²) in [5, 5.41) is 4.30. The van der Waals surface area contributed by atoms with Crippen molar-refractivity contribution >= 4 is 11.6 Å². The zero-order valence-electron chi connectivity index (χ0n) is 17.0. The van der Waals surface area contributed by atoms with Crippen LogP contribution in [0.2, 0.25) is 0 Å². The largest absolute Gasteiger partial charge is 0.490 e. The molecule has 1 amide bonds. The molecule has 0 fully saturated rings. The lowest BCUT2D eigenvalue weighted by molar-refractivity contribution is 0.0953. The summed E-state index contributed by atoms with van der Waals surface area (Å²) in [6, 6.07) is 13.1. The van der Waals surface area contributed by atoms with Gasteiger partial charge >= 0.3 is 0 Å². The molecule has 0 saturated carbocycles. The predicted molar refractivity (Wildman–Crippen MR) is 111 cm³/mol. The Morgan fingerprint density at radius 2 is 1.43 bits per heavy atom. The Balaban J connectivity index is 2.32. The third kappa shape index (κ3) is 5.49. The quantitative estimate of drug-likeness (QED) is 0.486. The molecule has 1 N–H and O–H groups in total. The van der Waals surface area contributed by atoms with E-state index in [0.29, 0.717) is 49.1 Å². The Bertz CT molecular complexity index is 776. The van der Waals surface area contributed by atoms with E-state index in [1.54, 1.807) is 12.1 Å². The van der Waals surface area contributed by atoms with E-state index >= 15 is 0 Å². The van der Waals surface area contributed by atoms with Crippen LogP contribution in [0.15, 0.2) is 47.6 Å². The summed E-state index contributed by atoms with van der Waals surface area (Å²) in [5.41, 5.74) is 4.80. The lowest BCUT2D eigenvalue weighted by Gasteiger charge is -2.16. The fraction of sp³-hybridized carbons (Fsp3) is 0.364. The number of amides is 1. The minimum Gasteiger partial charge on any atom is -0.490 e. The number of hydrogen-bond donors (Lipinski definition) is 1. The third-order valence-corrected chi connectivity index (χ3v) is 3.91. The van der Waals surface area contributed by atoms with Gasteiger partial charge in [-0.15, -0.1) is 0 Å². The van der Waals surface area contributed by atoms with Crippen molar-refractivity contribution in [2.24, 2.45) is 5.10 Å². The number of nitrogens with one attached hydrogen (secondary N) is 1. The molecule has 0 unspecified atom stereocenters. The summed E-state index contributed by atoms with van der Waals surface area (Å²) in [6.07, 6.45) is 0.696. The van der Waals surface area contributed by atoms with Crippen LogP contribution in [-0.2, 0) is 0 Å². The standard InChI is InChI=1S/C22H28N2O4/c1-5-18(16-12-10-9-11-13-16)23-24-22(25)17-14-19(26-6-2)21(28-8-4)20(15-17)27-7-3/h9-15H,5-8H2,1-4H3,(H,24,25)/b23-18-. The maximum atomic E-state index is 12.7. The van der Waals surface area contributed by atoms with Gasteiger partial charge in [0, 0.05) is 5.56 Å². The molecule has 0 heterocycles. The highest BCUT2D eigenvalue weighted by molar-refractivity contribution is 6.02. The van der Waals surface area contributed by atoms with E-state index in [1.807, 2.05) is 58.0 Å². The van der Waals surface area contributed by atoms with Gasteiger partial charge in [-0.25, -0.2) is 5.43 Å². The van der Waals surface area contributed by atoms with Gasteiger partial charge in [-0.1, -0.05) is 37.3 Å². The molecule has 2 rings (SSSR count). The highest BCUT2D eigenvalue weighted by atomic mass is 16.5. The van der Waals surface area contributed by atoms with Crippen LogP contribution >= 0.6 is 0 Å². The van der Waals surface area contributed by atoms with Crippen LogP contribution in [0.5, 0.6) is 17.2 Å². The molecule has 6 heteroatoms. The van der Waals surface area contributed by atoms with Gasteiger partial charge in [-0.2, -0.15) is 5.10 Å². The smallest absolute Gasteiger partial charge is 0.271 e. The molecule has 0 aliphatic heterocycles. The topological polar surface area (TPSA) is 69.2 Å². The number of ether oxygens (including phenoxy) is 3. The molecule has 0 bridgehead atoms. The van der Waals surface area contributed by atoms with Crippen LogP contribution in [0.25, 0.3) is 0 Å². The normalized spacial score (nSPS) is 11.1. The number of benzene rings is 2. The number of carbonyl (C=O) groups excluding carboxylic acids is 1. The number of hydrogen-bond acceptors (Lipinski definition) is 5. The van der Waals surface area contributed by atoms with Gasteiger partial charge in [0.15, 0.2) is 11.5 Å². The van der Waals surface area contributed by atoms with Crippen molar-refractivity contribution in [2.45, 2.75) is 34.1 Å². The minimum atomic E-state index is -0.341. The average Bonchev–Trinajstić information content (AvgIpc) is 2.71. The summed E-state index contributed by atoms with van der Waals surface area (Å²) in [4.78, 5) is 12.7. The second kappa shape index (κ2) is 11.0. The van der Waals surface area contributed by atoms with Gasteiger partial charge < -0.3 is 14.2 Å². The molecule has 0 aliphatic rings. The van der Waals surface area contributed by atoms with Crippen LogP contribution in [0.1, 0.15) is 50.0 Å². The maximum absolute atomic E-state index is 12.7. The van der Waals surface area contributed by atoms with Crippen molar-refractivity contribution in [3.63, 3.8) is 0 Å². The van der Waals surface area contributed by atoms with Gasteiger partial charge in [-0.3, -0.25) is 4.79 Å². The van der Waals surface area contributed by atoms with E-state index in [9.17, 15) is 4.79 Å². The van der Waals surface area contributed by atoms with E-state index in [-0.39, 0.29) is 5.91 Å². The molecule has 0 aromatic heterocycles. The summed E-state index contributed by atoms with van der Waals surface area (Å²) < 4.78 is 17.0. The molecule has 0 radical (unpaired) electrons. The third-order valence-electron chi connectivity index (χ3n) is 3.91. The molecule has 6 nitrogen and oxygen atoms in total. The van der Waals surface area contributed by atoms with Crippen molar-refractivity contribution in [3.05, 3.63) is 53.6 Å². The van der Waals surface area contributed by atoms with Gasteiger partial charge in [0.25, 0.3) is 5.91 Å². The summed E-state index contributed by atoms with van der Waals surface area (Å²) in [7, 11) is 0. The van der Waals surface area contributed by atoms with Crippen LogP contribution in [-0.4, -0.2) is 31.4 Å². The number of hydrazone groups is 1. The first-order valence-corrected chi connectivity index (χ1v) is 9.63. The Kier molecular flexibility index (Phi) is 8.34. The summed E-state index contributed by atoms with van der Waals surface area (Å²) in [5.74, 6) is 1.11. The number of carbonyl (C=O) groups is 1. The van der Waals surface area contributed by atoms with Crippen molar-refractivity contribution in [2.75, 3.05) is 19.8 Å². The Morgan fingerprint density at radius 1 is 0.857 bits per heavy atom. The lowest BCUT2D eigenvalue weighted by Crippen LogP contribution is -2.20. The van der Waals surface area contributed by atoms with Crippen LogP contribution in [0.4, 0.5) is 0 Å². The van der Waals surface area contributed by atoms with Crippen molar-refractivity contribution in [1.29, 1.82) is 0 Å². The van der Waals surface area contributed by atoms with Gasteiger partial charge in [0.05, 0.1) is 25.5 Å². The first-order valence-electron chi connectivity index (χ1n) is 9.63. The molecule has 0 atom stereocenters. The van der Waals surface area contributed by atoms with Crippen LogP contribution in [0, 0.1) is 0 Å². The fourth-order valence-corrected chi connectivity index (χ4v) is 2.68. The average molecular weight is 384 g/mol. The maximum Gasteiger partial charge on any atom is 0.271 e. The summed E-state index contributed by atoms with van der Waals surface area (Å²) in [6.45, 7) is 8.99. The molecule has 0 aliphatic carbocycles. The molecule has 0 spiro atoms. The van der Waals surface area contributed by atoms with Gasteiger partial charge in [-0.05, 0) is 44.9 Å². The van der Waals surface area contributed by atoms with Crippen LogP contribution in [0.3, 0.4) is 0 Å². The van der Waals surface area contributed by atoms with E-state index in [1.165, 1.54) is 0 Å². The van der Waals surface area contributed by atoms with E-state index in [0.717, 1.165) is 11.3 Å².